The van der Waals surface area contributed by atoms with Gasteiger partial charge in [-0.05, 0) is 32.5 Å². The van der Waals surface area contributed by atoms with E-state index in [4.69, 9.17) is 16.3 Å². The van der Waals surface area contributed by atoms with Gasteiger partial charge in [0.25, 0.3) is 0 Å². The fourth-order valence-electron chi connectivity index (χ4n) is 2.19. The molecule has 0 radical (unpaired) electrons. The smallest absolute Gasteiger partial charge is 0.0931 e. The predicted octanol–water partition coefficient (Wildman–Crippen LogP) is 3.09. The molecule has 0 amide bonds. The second-order valence-electron chi connectivity index (χ2n) is 4.05. The molecule has 0 bridgehead atoms. The SMILES string of the molecule is CNC(c1ccc(Cl)s1)C1COC(C)C1. The average Bonchev–Trinajstić information content (AvgIpc) is 2.78. The van der Waals surface area contributed by atoms with E-state index < -0.39 is 0 Å². The lowest BCUT2D eigenvalue weighted by Crippen LogP contribution is -2.24. The van der Waals surface area contributed by atoms with Crippen molar-refractivity contribution in [3.63, 3.8) is 0 Å². The third-order valence-corrected chi connectivity index (χ3v) is 4.23. The number of rotatable bonds is 3. The van der Waals surface area contributed by atoms with Gasteiger partial charge in [-0.2, -0.15) is 0 Å². The van der Waals surface area contributed by atoms with Crippen LogP contribution in [0.15, 0.2) is 12.1 Å². The van der Waals surface area contributed by atoms with Crippen molar-refractivity contribution in [3.05, 3.63) is 21.3 Å². The van der Waals surface area contributed by atoms with E-state index in [-0.39, 0.29) is 0 Å². The largest absolute Gasteiger partial charge is 0.378 e. The first-order valence-electron chi connectivity index (χ1n) is 5.25. The Morgan fingerprint density at radius 3 is 2.87 bits per heavy atom. The Hall–Kier alpha value is -0.0900. The molecule has 1 N–H and O–H groups in total. The lowest BCUT2D eigenvalue weighted by Gasteiger charge is -2.20. The van der Waals surface area contributed by atoms with Gasteiger partial charge in [-0.1, -0.05) is 11.6 Å². The van der Waals surface area contributed by atoms with Gasteiger partial charge in [0, 0.05) is 16.8 Å². The molecule has 84 valence electrons. The lowest BCUT2D eigenvalue weighted by atomic mass is 9.96. The zero-order chi connectivity index (χ0) is 10.8. The van der Waals surface area contributed by atoms with Crippen molar-refractivity contribution in [2.75, 3.05) is 13.7 Å². The van der Waals surface area contributed by atoms with Gasteiger partial charge >= 0.3 is 0 Å². The Kier molecular flexibility index (Phi) is 3.67. The van der Waals surface area contributed by atoms with Gasteiger partial charge in [-0.3, -0.25) is 0 Å². The van der Waals surface area contributed by atoms with Crippen LogP contribution in [-0.2, 0) is 4.74 Å². The molecule has 1 fully saturated rings. The molecule has 3 unspecified atom stereocenters. The fourth-order valence-corrected chi connectivity index (χ4v) is 3.45. The van der Waals surface area contributed by atoms with Crippen LogP contribution in [0.3, 0.4) is 0 Å². The summed E-state index contributed by atoms with van der Waals surface area (Å²) in [6.07, 6.45) is 1.52. The van der Waals surface area contributed by atoms with Crippen LogP contribution in [0, 0.1) is 5.92 Å². The maximum absolute atomic E-state index is 5.96. The van der Waals surface area contributed by atoms with E-state index in [9.17, 15) is 0 Å². The highest BCUT2D eigenvalue weighted by Crippen LogP contribution is 2.35. The molecule has 0 aromatic carbocycles. The molecule has 3 atom stereocenters. The Morgan fingerprint density at radius 2 is 2.40 bits per heavy atom. The van der Waals surface area contributed by atoms with Gasteiger partial charge in [0.05, 0.1) is 17.0 Å². The molecular formula is C11H16ClNOS. The number of halogens is 1. The van der Waals surface area contributed by atoms with E-state index >= 15 is 0 Å². The van der Waals surface area contributed by atoms with Gasteiger partial charge in [0.15, 0.2) is 0 Å². The molecule has 1 aliphatic heterocycles. The van der Waals surface area contributed by atoms with Gasteiger partial charge < -0.3 is 10.1 Å². The molecule has 0 aliphatic carbocycles. The highest BCUT2D eigenvalue weighted by molar-refractivity contribution is 7.16. The number of hydrogen-bond donors (Lipinski definition) is 1. The van der Waals surface area contributed by atoms with Crippen LogP contribution in [0.25, 0.3) is 0 Å². The molecule has 2 nitrogen and oxygen atoms in total. The third kappa shape index (κ3) is 2.53. The van der Waals surface area contributed by atoms with Gasteiger partial charge in [-0.25, -0.2) is 0 Å². The van der Waals surface area contributed by atoms with Crippen molar-refractivity contribution >= 4 is 22.9 Å². The standard InChI is InChI=1S/C11H16ClNOS/c1-7-5-8(6-14-7)11(13-2)9-3-4-10(12)15-9/h3-4,7-8,11,13H,5-6H2,1-2H3. The van der Waals surface area contributed by atoms with Crippen LogP contribution in [0.2, 0.25) is 4.34 Å². The van der Waals surface area contributed by atoms with E-state index in [1.807, 2.05) is 13.1 Å². The third-order valence-electron chi connectivity index (χ3n) is 2.91. The summed E-state index contributed by atoms with van der Waals surface area (Å²) < 4.78 is 6.47. The maximum atomic E-state index is 5.96. The molecule has 1 saturated heterocycles. The Labute approximate surface area is 99.6 Å². The maximum Gasteiger partial charge on any atom is 0.0931 e. The monoisotopic (exact) mass is 245 g/mol. The number of nitrogens with one attached hydrogen (secondary N) is 1. The van der Waals surface area contributed by atoms with Crippen molar-refractivity contribution in [3.8, 4) is 0 Å². The first-order chi connectivity index (χ1) is 7.20. The minimum Gasteiger partial charge on any atom is -0.378 e. The number of ether oxygens (including phenoxy) is 1. The second-order valence-corrected chi connectivity index (χ2v) is 5.79. The predicted molar refractivity (Wildman–Crippen MR) is 64.7 cm³/mol. The normalized spacial score (nSPS) is 28.2. The summed E-state index contributed by atoms with van der Waals surface area (Å²) in [4.78, 5) is 1.31. The van der Waals surface area contributed by atoms with E-state index in [0.29, 0.717) is 18.1 Å². The summed E-state index contributed by atoms with van der Waals surface area (Å²) >= 11 is 7.61. The van der Waals surface area contributed by atoms with Crippen LogP contribution < -0.4 is 5.32 Å². The molecular weight excluding hydrogens is 230 g/mol. The first-order valence-corrected chi connectivity index (χ1v) is 6.44. The Bertz CT molecular complexity index is 328. The minimum absolute atomic E-state index is 0.382. The summed E-state index contributed by atoms with van der Waals surface area (Å²) in [6, 6.07) is 4.45. The molecule has 0 spiro atoms. The quantitative estimate of drug-likeness (QED) is 0.884. The van der Waals surface area contributed by atoms with E-state index in [1.165, 1.54) is 4.88 Å². The number of hydrogen-bond acceptors (Lipinski definition) is 3. The summed E-state index contributed by atoms with van der Waals surface area (Å²) in [7, 11) is 2.00. The highest BCUT2D eigenvalue weighted by Gasteiger charge is 2.30. The minimum atomic E-state index is 0.382. The molecule has 0 saturated carbocycles. The molecule has 4 heteroatoms. The van der Waals surface area contributed by atoms with Crippen molar-refractivity contribution in [1.82, 2.24) is 5.32 Å². The van der Waals surface area contributed by atoms with E-state index in [1.54, 1.807) is 11.3 Å². The van der Waals surface area contributed by atoms with E-state index in [2.05, 4.69) is 18.3 Å². The number of thiophene rings is 1. The summed E-state index contributed by atoms with van der Waals surface area (Å²) in [6.45, 7) is 2.98. The zero-order valence-electron chi connectivity index (χ0n) is 9.00. The molecule has 1 aliphatic rings. The molecule has 2 heterocycles. The zero-order valence-corrected chi connectivity index (χ0v) is 10.6. The molecule has 15 heavy (non-hydrogen) atoms. The summed E-state index contributed by atoms with van der Waals surface area (Å²) in [5.41, 5.74) is 0. The first kappa shape index (κ1) is 11.4. The van der Waals surface area contributed by atoms with Crippen molar-refractivity contribution in [1.29, 1.82) is 0 Å². The highest BCUT2D eigenvalue weighted by atomic mass is 35.5. The van der Waals surface area contributed by atoms with Crippen LogP contribution in [-0.4, -0.2) is 19.8 Å². The van der Waals surface area contributed by atoms with Gasteiger partial charge in [0.2, 0.25) is 0 Å². The Morgan fingerprint density at radius 1 is 1.60 bits per heavy atom. The van der Waals surface area contributed by atoms with Gasteiger partial charge in [-0.15, -0.1) is 11.3 Å². The second kappa shape index (κ2) is 4.83. The molecule has 1 aromatic heterocycles. The van der Waals surface area contributed by atoms with Crippen LogP contribution in [0.5, 0.6) is 0 Å². The van der Waals surface area contributed by atoms with Crippen LogP contribution in [0.1, 0.15) is 24.3 Å². The van der Waals surface area contributed by atoms with Crippen LogP contribution in [0.4, 0.5) is 0 Å². The lowest BCUT2D eigenvalue weighted by molar-refractivity contribution is 0.117. The van der Waals surface area contributed by atoms with Crippen molar-refractivity contribution < 1.29 is 4.74 Å². The fraction of sp³-hybridized carbons (Fsp3) is 0.636. The van der Waals surface area contributed by atoms with Gasteiger partial charge in [0.1, 0.15) is 0 Å². The van der Waals surface area contributed by atoms with Crippen LogP contribution >= 0.6 is 22.9 Å². The average molecular weight is 246 g/mol. The molecule has 1 aromatic rings. The Balaban J connectivity index is 2.10. The topological polar surface area (TPSA) is 21.3 Å². The molecule has 2 rings (SSSR count). The van der Waals surface area contributed by atoms with Crippen molar-refractivity contribution in [2.24, 2.45) is 5.92 Å². The van der Waals surface area contributed by atoms with Crippen molar-refractivity contribution in [2.45, 2.75) is 25.5 Å². The van der Waals surface area contributed by atoms with E-state index in [0.717, 1.165) is 17.4 Å². The summed E-state index contributed by atoms with van der Waals surface area (Å²) in [5.74, 6) is 0.569. The summed E-state index contributed by atoms with van der Waals surface area (Å²) in [5, 5.41) is 3.37.